The van der Waals surface area contributed by atoms with Gasteiger partial charge in [0.25, 0.3) is 0 Å². The second-order valence-electron chi connectivity index (χ2n) is 6.61. The first kappa shape index (κ1) is 20.4. The van der Waals surface area contributed by atoms with E-state index in [2.05, 4.69) is 21.9 Å². The Morgan fingerprint density at radius 1 is 1.14 bits per heavy atom. The lowest BCUT2D eigenvalue weighted by Crippen LogP contribution is -2.05. The van der Waals surface area contributed by atoms with Gasteiger partial charge in [-0.25, -0.2) is 0 Å². The van der Waals surface area contributed by atoms with Crippen LogP contribution in [-0.2, 0) is 0 Å². The molecule has 0 fully saturated rings. The summed E-state index contributed by atoms with van der Waals surface area (Å²) in [4.78, 5) is 25.1. The first-order valence-corrected chi connectivity index (χ1v) is 9.42. The molecule has 2 aromatic carbocycles. The molecular weight excluding hydrogens is 384 g/mol. The quantitative estimate of drug-likeness (QED) is 0.412. The number of rotatable bonds is 6. The van der Waals surface area contributed by atoms with E-state index in [1.165, 1.54) is 6.92 Å². The Morgan fingerprint density at radius 2 is 1.90 bits per heavy atom. The highest BCUT2D eigenvalue weighted by molar-refractivity contribution is 6.31. The predicted octanol–water partition coefficient (Wildman–Crippen LogP) is 5.86. The minimum Gasteiger partial charge on any atom is -0.355 e. The molecule has 29 heavy (non-hydrogen) atoms. The highest BCUT2D eigenvalue weighted by Gasteiger charge is 2.14. The number of nitrogens with zero attached hydrogens (tertiary/aromatic N) is 3. The van der Waals surface area contributed by atoms with Gasteiger partial charge in [-0.3, -0.25) is 19.8 Å². The molecule has 0 aliphatic rings. The van der Waals surface area contributed by atoms with Crippen molar-refractivity contribution < 1.29 is 4.79 Å². The molecule has 0 atom stereocenters. The van der Waals surface area contributed by atoms with Gasteiger partial charge in [-0.1, -0.05) is 30.3 Å². The number of hydrogen-bond donors (Lipinski definition) is 1. The minimum atomic E-state index is -0.0279. The number of aliphatic imine (C=N–C) groups is 1. The summed E-state index contributed by atoms with van der Waals surface area (Å²) < 4.78 is 0. The summed E-state index contributed by atoms with van der Waals surface area (Å²) in [7, 11) is 0. The van der Waals surface area contributed by atoms with Crippen molar-refractivity contribution in [1.82, 2.24) is 9.97 Å². The van der Waals surface area contributed by atoms with Crippen LogP contribution >= 0.6 is 11.6 Å². The third kappa shape index (κ3) is 4.76. The Labute approximate surface area is 175 Å². The maximum atomic E-state index is 11.9. The van der Waals surface area contributed by atoms with Crippen molar-refractivity contribution in [1.29, 1.82) is 0 Å². The van der Waals surface area contributed by atoms with Crippen LogP contribution in [0, 0.1) is 6.92 Å². The molecule has 1 aromatic heterocycles. The van der Waals surface area contributed by atoms with Gasteiger partial charge in [0.15, 0.2) is 5.78 Å². The molecule has 0 aliphatic carbocycles. The first-order chi connectivity index (χ1) is 13.9. The molecule has 0 spiro atoms. The van der Waals surface area contributed by atoms with Crippen LogP contribution in [0.15, 0.2) is 66.6 Å². The molecule has 0 aliphatic heterocycles. The molecule has 0 bridgehead atoms. The summed E-state index contributed by atoms with van der Waals surface area (Å²) >= 11 is 6.31. The van der Waals surface area contributed by atoms with Gasteiger partial charge >= 0.3 is 0 Å². The van der Waals surface area contributed by atoms with Crippen LogP contribution in [-0.4, -0.2) is 21.5 Å². The maximum absolute atomic E-state index is 11.9. The fourth-order valence-corrected chi connectivity index (χ4v) is 3.23. The Balaban J connectivity index is 2.04. The van der Waals surface area contributed by atoms with Gasteiger partial charge in [0.05, 0.1) is 17.6 Å². The second-order valence-corrected chi connectivity index (χ2v) is 7.05. The molecule has 146 valence electrons. The zero-order valence-electron chi connectivity index (χ0n) is 16.5. The molecule has 0 radical (unpaired) electrons. The number of ketones is 1. The lowest BCUT2D eigenvalue weighted by atomic mass is 10.0. The molecule has 0 saturated carbocycles. The van der Waals surface area contributed by atoms with Crippen LogP contribution in [0.3, 0.4) is 0 Å². The summed E-state index contributed by atoms with van der Waals surface area (Å²) in [5.74, 6) is -0.0279. The number of Topliss-reactive ketones (excluding diaryl/α,β-unsaturated/α-hetero) is 1. The van der Waals surface area contributed by atoms with Gasteiger partial charge in [-0.15, -0.1) is 0 Å². The normalized spacial score (nSPS) is 11.2. The number of benzene rings is 2. The van der Waals surface area contributed by atoms with E-state index in [0.29, 0.717) is 27.7 Å². The summed E-state index contributed by atoms with van der Waals surface area (Å²) in [6.45, 7) is 9.52. The number of carbonyl (C=O) groups excluding carboxylic acids is 1. The Kier molecular flexibility index (Phi) is 6.20. The maximum Gasteiger partial charge on any atom is 0.161 e. The molecule has 5 nitrogen and oxygen atoms in total. The molecule has 0 amide bonds. The standard InChI is InChI=1S/C23H21ClN4O/c1-14-11-18(24)12-20(23(14)28-16(3)22-13-25-9-10-26-22)15(2)27-21-8-6-5-7-19(21)17(4)29/h5-13,27H,2H2,1,3-4H3. The van der Waals surface area contributed by atoms with Gasteiger partial charge in [-0.2, -0.15) is 0 Å². The SMILES string of the molecule is C=C(Nc1ccccc1C(C)=O)c1cc(Cl)cc(C)c1N=C(C)c1cnccn1. The van der Waals surface area contributed by atoms with E-state index >= 15 is 0 Å². The van der Waals surface area contributed by atoms with Crippen LogP contribution in [0.4, 0.5) is 11.4 Å². The van der Waals surface area contributed by atoms with Crippen LogP contribution in [0.5, 0.6) is 0 Å². The zero-order chi connectivity index (χ0) is 21.0. The Hall–Kier alpha value is -3.31. The number of para-hydroxylation sites is 1. The van der Waals surface area contributed by atoms with E-state index in [9.17, 15) is 4.79 Å². The fraction of sp³-hybridized carbons (Fsp3) is 0.130. The van der Waals surface area contributed by atoms with Crippen LogP contribution < -0.4 is 5.32 Å². The van der Waals surface area contributed by atoms with Crippen molar-refractivity contribution in [2.75, 3.05) is 5.32 Å². The number of halogens is 1. The number of carbonyl (C=O) groups is 1. The molecule has 0 unspecified atom stereocenters. The van der Waals surface area contributed by atoms with Crippen molar-refractivity contribution in [2.24, 2.45) is 4.99 Å². The van der Waals surface area contributed by atoms with Crippen LogP contribution in [0.2, 0.25) is 5.02 Å². The lowest BCUT2D eigenvalue weighted by molar-refractivity contribution is 0.101. The first-order valence-electron chi connectivity index (χ1n) is 9.05. The van der Waals surface area contributed by atoms with E-state index in [1.807, 2.05) is 44.2 Å². The summed E-state index contributed by atoms with van der Waals surface area (Å²) in [5.41, 5.74) is 5.66. The average Bonchev–Trinajstić information content (AvgIpc) is 2.70. The molecule has 3 rings (SSSR count). The third-order valence-electron chi connectivity index (χ3n) is 4.40. The van der Waals surface area contributed by atoms with Crippen LogP contribution in [0.25, 0.3) is 5.70 Å². The minimum absolute atomic E-state index is 0.0279. The number of aryl methyl sites for hydroxylation is 1. The van der Waals surface area contributed by atoms with E-state index in [4.69, 9.17) is 16.6 Å². The van der Waals surface area contributed by atoms with Gasteiger partial charge in [0.2, 0.25) is 0 Å². The zero-order valence-corrected chi connectivity index (χ0v) is 17.3. The lowest BCUT2D eigenvalue weighted by Gasteiger charge is -2.16. The topological polar surface area (TPSA) is 67.2 Å². The Bertz CT molecular complexity index is 1110. The van der Waals surface area contributed by atoms with Gasteiger partial charge in [0.1, 0.15) is 5.69 Å². The molecule has 6 heteroatoms. The molecule has 0 saturated heterocycles. The van der Waals surface area contributed by atoms with Crippen LogP contribution in [0.1, 0.15) is 41.0 Å². The van der Waals surface area contributed by atoms with E-state index < -0.39 is 0 Å². The van der Waals surface area contributed by atoms with Crippen molar-refractivity contribution in [3.63, 3.8) is 0 Å². The molecule has 1 N–H and O–H groups in total. The van der Waals surface area contributed by atoms with E-state index in [1.54, 1.807) is 24.7 Å². The van der Waals surface area contributed by atoms with E-state index in [0.717, 1.165) is 22.5 Å². The van der Waals surface area contributed by atoms with Gasteiger partial charge in [-0.05, 0) is 50.6 Å². The monoisotopic (exact) mass is 404 g/mol. The largest absolute Gasteiger partial charge is 0.355 e. The fourth-order valence-electron chi connectivity index (χ4n) is 2.95. The smallest absolute Gasteiger partial charge is 0.161 e. The van der Waals surface area contributed by atoms with Crippen molar-refractivity contribution in [3.8, 4) is 0 Å². The predicted molar refractivity (Wildman–Crippen MR) is 119 cm³/mol. The molecule has 1 heterocycles. The third-order valence-corrected chi connectivity index (χ3v) is 4.61. The number of anilines is 1. The van der Waals surface area contributed by atoms with Gasteiger partial charge < -0.3 is 5.32 Å². The van der Waals surface area contributed by atoms with Crippen molar-refractivity contribution in [3.05, 3.63) is 89.0 Å². The molecule has 3 aromatic rings. The summed E-state index contributed by atoms with van der Waals surface area (Å²) in [6, 6.07) is 11.0. The van der Waals surface area contributed by atoms with E-state index in [-0.39, 0.29) is 5.78 Å². The van der Waals surface area contributed by atoms with Crippen molar-refractivity contribution in [2.45, 2.75) is 20.8 Å². The number of hydrogen-bond acceptors (Lipinski definition) is 5. The Morgan fingerprint density at radius 3 is 2.59 bits per heavy atom. The van der Waals surface area contributed by atoms with Crippen molar-refractivity contribution >= 4 is 40.2 Å². The second kappa shape index (κ2) is 8.80. The summed E-state index contributed by atoms with van der Waals surface area (Å²) in [6.07, 6.45) is 4.91. The molecular formula is C23H21ClN4O. The number of aromatic nitrogens is 2. The highest BCUT2D eigenvalue weighted by Crippen LogP contribution is 2.34. The highest BCUT2D eigenvalue weighted by atomic mass is 35.5. The average molecular weight is 405 g/mol. The number of nitrogens with one attached hydrogen (secondary N) is 1. The summed E-state index contributed by atoms with van der Waals surface area (Å²) in [5, 5.41) is 3.82. The van der Waals surface area contributed by atoms with Gasteiger partial charge in [0, 0.05) is 39.9 Å².